The molecular weight excluding hydrogens is 226 g/mol. The molecule has 2 rings (SSSR count). The number of alkyl halides is 1. The first-order chi connectivity index (χ1) is 7.61. The lowest BCUT2D eigenvalue weighted by atomic mass is 10.1. The van der Waals surface area contributed by atoms with Crippen LogP contribution in [0.15, 0.2) is 0 Å². The summed E-state index contributed by atoms with van der Waals surface area (Å²) in [4.78, 5) is 2.42. The summed E-state index contributed by atoms with van der Waals surface area (Å²) >= 11 is 5.95. The van der Waals surface area contributed by atoms with Gasteiger partial charge >= 0.3 is 0 Å². The van der Waals surface area contributed by atoms with Crippen LogP contribution in [0.5, 0.6) is 0 Å². The predicted octanol–water partition coefficient (Wildman–Crippen LogP) is 1.88. The van der Waals surface area contributed by atoms with E-state index in [1.165, 1.54) is 6.42 Å². The highest BCUT2D eigenvalue weighted by molar-refractivity contribution is 6.18. The second-order valence-electron chi connectivity index (χ2n) is 5.42. The van der Waals surface area contributed by atoms with Crippen molar-refractivity contribution in [2.75, 3.05) is 32.2 Å². The molecular formula is C12H22ClNO2. The number of ether oxygens (including phenoxy) is 2. The number of rotatable bonds is 3. The Bertz CT molecular complexity index is 235. The van der Waals surface area contributed by atoms with Gasteiger partial charge in [-0.25, -0.2) is 0 Å². The van der Waals surface area contributed by atoms with E-state index >= 15 is 0 Å². The summed E-state index contributed by atoms with van der Waals surface area (Å²) in [6.45, 7) is 7.92. The topological polar surface area (TPSA) is 21.7 Å². The second-order valence-corrected chi connectivity index (χ2v) is 5.72. The number of hydrogen-bond donors (Lipinski definition) is 0. The maximum Gasteiger partial charge on any atom is 0.0710 e. The molecule has 2 aliphatic heterocycles. The molecule has 2 heterocycles. The van der Waals surface area contributed by atoms with Gasteiger partial charge in [-0.05, 0) is 26.7 Å². The lowest BCUT2D eigenvalue weighted by molar-refractivity contribution is -0.0572. The molecule has 2 aliphatic rings. The van der Waals surface area contributed by atoms with Crippen molar-refractivity contribution >= 4 is 11.6 Å². The van der Waals surface area contributed by atoms with Crippen LogP contribution in [0.2, 0.25) is 0 Å². The van der Waals surface area contributed by atoms with Crippen molar-refractivity contribution in [1.29, 1.82) is 0 Å². The van der Waals surface area contributed by atoms with Gasteiger partial charge in [-0.15, -0.1) is 11.6 Å². The highest BCUT2D eigenvalue weighted by Gasteiger charge is 2.34. The predicted molar refractivity (Wildman–Crippen MR) is 65.1 cm³/mol. The number of halogens is 1. The van der Waals surface area contributed by atoms with E-state index in [9.17, 15) is 0 Å². The first-order valence-electron chi connectivity index (χ1n) is 6.16. The van der Waals surface area contributed by atoms with E-state index in [1.807, 2.05) is 0 Å². The molecule has 0 amide bonds. The Morgan fingerprint density at radius 2 is 2.25 bits per heavy atom. The Morgan fingerprint density at radius 1 is 1.44 bits per heavy atom. The third kappa shape index (κ3) is 3.10. The smallest absolute Gasteiger partial charge is 0.0710 e. The Morgan fingerprint density at radius 3 is 2.88 bits per heavy atom. The van der Waals surface area contributed by atoms with Crippen LogP contribution in [0.25, 0.3) is 0 Å². The lowest BCUT2D eigenvalue weighted by Crippen LogP contribution is -2.49. The SMILES string of the molecule is CC1(C)CCC(CN2CCOCC2CCl)O1. The van der Waals surface area contributed by atoms with Crippen LogP contribution in [0.3, 0.4) is 0 Å². The standard InChI is InChI=1S/C12H22ClNO2/c1-12(2)4-3-11(16-12)8-14-5-6-15-9-10(14)7-13/h10-11H,3-9H2,1-2H3. The third-order valence-electron chi connectivity index (χ3n) is 3.52. The molecule has 0 bridgehead atoms. The molecule has 0 saturated carbocycles. The van der Waals surface area contributed by atoms with E-state index in [4.69, 9.17) is 21.1 Å². The van der Waals surface area contributed by atoms with Crippen molar-refractivity contribution < 1.29 is 9.47 Å². The maximum absolute atomic E-state index is 6.02. The molecule has 0 N–H and O–H groups in total. The maximum atomic E-state index is 6.02. The van der Waals surface area contributed by atoms with Crippen molar-refractivity contribution in [3.8, 4) is 0 Å². The van der Waals surface area contributed by atoms with Crippen LogP contribution in [0.1, 0.15) is 26.7 Å². The van der Waals surface area contributed by atoms with E-state index in [0.717, 1.165) is 32.7 Å². The molecule has 0 aromatic carbocycles. The molecule has 0 radical (unpaired) electrons. The van der Waals surface area contributed by atoms with E-state index in [0.29, 0.717) is 18.0 Å². The zero-order chi connectivity index (χ0) is 11.6. The first kappa shape index (κ1) is 12.6. The summed E-state index contributed by atoms with van der Waals surface area (Å²) in [5.74, 6) is 0.649. The van der Waals surface area contributed by atoms with Gasteiger partial charge in [0.2, 0.25) is 0 Å². The van der Waals surface area contributed by atoms with Crippen LogP contribution in [0.4, 0.5) is 0 Å². The van der Waals surface area contributed by atoms with Crippen molar-refractivity contribution in [2.45, 2.75) is 44.4 Å². The van der Waals surface area contributed by atoms with Gasteiger partial charge in [0.15, 0.2) is 0 Å². The highest BCUT2D eigenvalue weighted by atomic mass is 35.5. The van der Waals surface area contributed by atoms with Crippen molar-refractivity contribution in [3.63, 3.8) is 0 Å². The molecule has 0 aromatic heterocycles. The van der Waals surface area contributed by atoms with Gasteiger partial charge in [-0.2, -0.15) is 0 Å². The Hall–Kier alpha value is 0.170. The molecule has 0 spiro atoms. The summed E-state index contributed by atoms with van der Waals surface area (Å²) in [6, 6.07) is 0.364. The van der Waals surface area contributed by atoms with Crippen LogP contribution in [0, 0.1) is 0 Å². The fraction of sp³-hybridized carbons (Fsp3) is 1.00. The summed E-state index contributed by atoms with van der Waals surface area (Å²) < 4.78 is 11.5. The molecule has 0 aromatic rings. The number of nitrogens with zero attached hydrogens (tertiary/aromatic N) is 1. The monoisotopic (exact) mass is 247 g/mol. The fourth-order valence-corrected chi connectivity index (χ4v) is 2.82. The van der Waals surface area contributed by atoms with Gasteiger partial charge in [0, 0.05) is 25.0 Å². The number of morpholine rings is 1. The quantitative estimate of drug-likeness (QED) is 0.711. The molecule has 94 valence electrons. The molecule has 2 fully saturated rings. The highest BCUT2D eigenvalue weighted by Crippen LogP contribution is 2.30. The largest absolute Gasteiger partial charge is 0.378 e. The average Bonchev–Trinajstić information content (AvgIpc) is 2.59. The van der Waals surface area contributed by atoms with E-state index in [-0.39, 0.29) is 5.60 Å². The summed E-state index contributed by atoms with van der Waals surface area (Å²) in [5.41, 5.74) is 0.0629. The molecule has 0 aliphatic carbocycles. The van der Waals surface area contributed by atoms with Crippen LogP contribution >= 0.6 is 11.6 Å². The first-order valence-corrected chi connectivity index (χ1v) is 6.70. The molecule has 3 nitrogen and oxygen atoms in total. The van der Waals surface area contributed by atoms with E-state index < -0.39 is 0 Å². The van der Waals surface area contributed by atoms with E-state index in [2.05, 4.69) is 18.7 Å². The minimum Gasteiger partial charge on any atom is -0.378 e. The molecule has 16 heavy (non-hydrogen) atoms. The molecule has 2 saturated heterocycles. The zero-order valence-electron chi connectivity index (χ0n) is 10.2. The van der Waals surface area contributed by atoms with Crippen LogP contribution in [-0.4, -0.2) is 54.8 Å². The summed E-state index contributed by atoms with van der Waals surface area (Å²) in [5, 5.41) is 0. The van der Waals surface area contributed by atoms with Crippen molar-refractivity contribution in [3.05, 3.63) is 0 Å². The van der Waals surface area contributed by atoms with Crippen LogP contribution < -0.4 is 0 Å². The van der Waals surface area contributed by atoms with Gasteiger partial charge in [0.25, 0.3) is 0 Å². The Balaban J connectivity index is 1.84. The van der Waals surface area contributed by atoms with Gasteiger partial charge in [0.05, 0.1) is 24.9 Å². The molecule has 4 heteroatoms. The average molecular weight is 248 g/mol. The van der Waals surface area contributed by atoms with Crippen molar-refractivity contribution in [1.82, 2.24) is 4.90 Å². The van der Waals surface area contributed by atoms with Crippen molar-refractivity contribution in [2.24, 2.45) is 0 Å². The van der Waals surface area contributed by atoms with E-state index in [1.54, 1.807) is 0 Å². The van der Waals surface area contributed by atoms with Crippen LogP contribution in [-0.2, 0) is 9.47 Å². The Labute approximate surface area is 103 Å². The zero-order valence-corrected chi connectivity index (χ0v) is 11.0. The van der Waals surface area contributed by atoms with Gasteiger partial charge in [-0.1, -0.05) is 0 Å². The summed E-state index contributed by atoms with van der Waals surface area (Å²) in [7, 11) is 0. The third-order valence-corrected chi connectivity index (χ3v) is 3.88. The minimum atomic E-state index is 0.0629. The second kappa shape index (κ2) is 5.21. The lowest BCUT2D eigenvalue weighted by Gasteiger charge is -2.36. The fourth-order valence-electron chi connectivity index (χ4n) is 2.54. The molecule has 2 atom stereocenters. The van der Waals surface area contributed by atoms with Gasteiger partial charge in [-0.3, -0.25) is 4.90 Å². The number of hydrogen-bond acceptors (Lipinski definition) is 3. The minimum absolute atomic E-state index is 0.0629. The van der Waals surface area contributed by atoms with Gasteiger partial charge < -0.3 is 9.47 Å². The summed E-state index contributed by atoms with van der Waals surface area (Å²) in [6.07, 6.45) is 2.70. The van der Waals surface area contributed by atoms with Gasteiger partial charge in [0.1, 0.15) is 0 Å². The molecule has 2 unspecified atom stereocenters. The normalized spacial score (nSPS) is 35.4. The Kier molecular flexibility index (Phi) is 4.11.